The van der Waals surface area contributed by atoms with E-state index in [-0.39, 0.29) is 61.7 Å². The van der Waals surface area contributed by atoms with E-state index >= 15 is 0 Å². The van der Waals surface area contributed by atoms with Crippen molar-refractivity contribution in [2.45, 2.75) is 113 Å². The van der Waals surface area contributed by atoms with Crippen LogP contribution in [0.2, 0.25) is 0 Å². The first kappa shape index (κ1) is 59.7. The highest BCUT2D eigenvalue weighted by Crippen LogP contribution is 2.20. The van der Waals surface area contributed by atoms with Gasteiger partial charge in [0.2, 0.25) is 41.4 Å². The first-order chi connectivity index (χ1) is 35.1. The number of rotatable bonds is 29. The number of phenolic OH excluding ortho intramolecular Hbond substituents is 2. The maximum absolute atomic E-state index is 14.6. The molecule has 0 aliphatic rings. The molecule has 17 N–H and O–H groups in total. The normalized spacial score (nSPS) is 15.3. The van der Waals surface area contributed by atoms with E-state index in [2.05, 4.69) is 67.5 Å². The molecule has 0 fully saturated rings. The van der Waals surface area contributed by atoms with Crippen LogP contribution in [0.5, 0.6) is 11.5 Å². The molecule has 0 radical (unpaired) electrons. The number of H-pyrrole nitrogens is 1. The van der Waals surface area contributed by atoms with E-state index in [1.54, 1.807) is 42.6 Å². The van der Waals surface area contributed by atoms with Crippen LogP contribution in [0, 0.1) is 0 Å². The fourth-order valence-corrected chi connectivity index (χ4v) is 8.11. The van der Waals surface area contributed by atoms with Crippen LogP contribution < -0.4 is 48.7 Å². The number of carboxylic acid groups (broad SMARTS) is 1. The number of amides is 7. The van der Waals surface area contributed by atoms with E-state index in [1.165, 1.54) is 43.3 Å². The third kappa shape index (κ3) is 17.9. The largest absolute Gasteiger partial charge is 0.508 e. The quantitative estimate of drug-likeness (QED) is 0.0210. The second kappa shape index (κ2) is 29.1. The summed E-state index contributed by atoms with van der Waals surface area (Å²) >= 11 is 8.36. The molecule has 0 saturated heterocycles. The van der Waals surface area contributed by atoms with Crippen LogP contribution in [-0.4, -0.2) is 156 Å². The van der Waals surface area contributed by atoms with Gasteiger partial charge in [0.05, 0.1) is 18.2 Å². The predicted octanol–water partition coefficient (Wildman–Crippen LogP) is -1.84. The summed E-state index contributed by atoms with van der Waals surface area (Å²) in [6.45, 7) is 2.52. The van der Waals surface area contributed by atoms with Crippen molar-refractivity contribution in [3.05, 3.63) is 95.7 Å². The lowest BCUT2D eigenvalue weighted by molar-refractivity contribution is -0.145. The van der Waals surface area contributed by atoms with Crippen molar-refractivity contribution in [2.24, 2.45) is 11.5 Å². The van der Waals surface area contributed by atoms with Gasteiger partial charge < -0.3 is 79.2 Å². The van der Waals surface area contributed by atoms with Crippen LogP contribution >= 0.6 is 25.3 Å². The van der Waals surface area contributed by atoms with Gasteiger partial charge in [0.25, 0.3) is 0 Å². The van der Waals surface area contributed by atoms with Crippen molar-refractivity contribution in [3.63, 3.8) is 0 Å². The van der Waals surface area contributed by atoms with E-state index in [4.69, 9.17) is 11.5 Å². The van der Waals surface area contributed by atoms with Gasteiger partial charge in [-0.15, -0.1) is 0 Å². The molecular formula is C49H66N10O13S2. The summed E-state index contributed by atoms with van der Waals surface area (Å²) in [5.41, 5.74) is 14.3. The molecule has 402 valence electrons. The summed E-state index contributed by atoms with van der Waals surface area (Å²) in [6, 6.07) is 7.25. The fraction of sp³-hybridized carbons (Fsp3) is 0.429. The molecule has 74 heavy (non-hydrogen) atoms. The van der Waals surface area contributed by atoms with Gasteiger partial charge in [-0.2, -0.15) is 25.3 Å². The van der Waals surface area contributed by atoms with Crippen LogP contribution in [-0.2, 0) is 57.6 Å². The smallest absolute Gasteiger partial charge is 0.328 e. The third-order valence-corrected chi connectivity index (χ3v) is 12.5. The zero-order valence-electron chi connectivity index (χ0n) is 40.7. The van der Waals surface area contributed by atoms with Gasteiger partial charge in [0.1, 0.15) is 47.8 Å². The minimum Gasteiger partial charge on any atom is -0.508 e. The van der Waals surface area contributed by atoms with Gasteiger partial charge in [-0.25, -0.2) is 4.79 Å². The highest BCUT2D eigenvalue weighted by molar-refractivity contribution is 7.80. The Morgan fingerprint density at radius 3 is 1.53 bits per heavy atom. The number of aromatic hydroxyl groups is 2. The number of aliphatic carboxylic acids is 1. The highest BCUT2D eigenvalue weighted by Gasteiger charge is 2.36. The number of benzene rings is 3. The Bertz CT molecular complexity index is 2550. The van der Waals surface area contributed by atoms with Crippen molar-refractivity contribution >= 4 is 83.5 Å². The number of aromatic amines is 1. The molecule has 25 heteroatoms. The molecule has 0 spiro atoms. The van der Waals surface area contributed by atoms with Crippen molar-refractivity contribution in [3.8, 4) is 11.5 Å². The molecule has 0 aliphatic heterocycles. The molecule has 3 aromatic carbocycles. The zero-order chi connectivity index (χ0) is 54.6. The van der Waals surface area contributed by atoms with Crippen molar-refractivity contribution in [2.75, 3.05) is 18.1 Å². The molecule has 1 aromatic heterocycles. The Morgan fingerprint density at radius 2 is 1.00 bits per heavy atom. The molecule has 7 amide bonds. The van der Waals surface area contributed by atoms with E-state index in [9.17, 15) is 63.9 Å². The number of nitrogens with two attached hydrogens (primary N) is 2. The standard InChI is InChI=1S/C49H66N10O13S2/c1-25(60)40(48(70)57-39(24-74)47(69)59-41(26(2)61)49(71)72)58-43(65)35(9-5-6-18-50)53-45(67)37(21-29-22-52-34-8-4-3-7-32(29)34)55-44(66)36(20-28-12-16-31(63)17-13-28)54-46(68)38(23-73)56-42(64)33(51)19-27-10-14-30(62)15-11-27/h3-4,7-8,10-17,22,25-26,33,35-41,52,60-63,73-74H,5-6,9,18-21,23-24,50-51H2,1-2H3,(H,53,67)(H,54,68)(H,55,66)(H,56,64)(H,57,70)(H,58,65)(H,59,69)(H,71,72)/t25-,26-,33-,35+,36+,37-,38+,39+,40+,41+/m1/s1. The lowest BCUT2D eigenvalue weighted by Gasteiger charge is -2.28. The number of carbonyl (C=O) groups excluding carboxylic acids is 7. The monoisotopic (exact) mass is 1070 g/mol. The van der Waals surface area contributed by atoms with E-state index in [1.807, 2.05) is 0 Å². The molecule has 23 nitrogen and oxygen atoms in total. The maximum atomic E-state index is 14.6. The molecule has 10 atom stereocenters. The maximum Gasteiger partial charge on any atom is 0.328 e. The van der Waals surface area contributed by atoms with E-state index in [0.29, 0.717) is 34.0 Å². The number of fused-ring (bicyclic) bond motifs is 1. The van der Waals surface area contributed by atoms with Crippen molar-refractivity contribution < 1.29 is 63.9 Å². The number of para-hydroxylation sites is 1. The number of nitrogens with one attached hydrogen (secondary N) is 8. The minimum absolute atomic E-state index is 0.0205. The summed E-state index contributed by atoms with van der Waals surface area (Å²) in [7, 11) is 0. The summed E-state index contributed by atoms with van der Waals surface area (Å²) in [5.74, 6) is -8.57. The third-order valence-electron chi connectivity index (χ3n) is 11.8. The van der Waals surface area contributed by atoms with E-state index < -0.39 is 108 Å². The number of phenols is 2. The average molecular weight is 1070 g/mol. The Hall–Kier alpha value is -6.90. The van der Waals surface area contributed by atoms with Gasteiger partial charge in [0, 0.05) is 41.4 Å². The zero-order valence-corrected chi connectivity index (χ0v) is 42.5. The molecule has 0 bridgehead atoms. The number of hydrogen-bond acceptors (Lipinski definition) is 16. The lowest BCUT2D eigenvalue weighted by atomic mass is 10.0. The topological polar surface area (TPSA) is 390 Å². The van der Waals surface area contributed by atoms with Crippen LogP contribution in [0.4, 0.5) is 0 Å². The number of aromatic nitrogens is 1. The first-order valence-corrected chi connectivity index (χ1v) is 24.9. The first-order valence-electron chi connectivity index (χ1n) is 23.7. The van der Waals surface area contributed by atoms with Crippen LogP contribution in [0.15, 0.2) is 79.0 Å². The second-order valence-corrected chi connectivity index (χ2v) is 18.4. The molecule has 4 rings (SSSR count). The fourth-order valence-electron chi connectivity index (χ4n) is 7.59. The number of carbonyl (C=O) groups is 8. The summed E-state index contributed by atoms with van der Waals surface area (Å²) in [4.78, 5) is 112. The Morgan fingerprint density at radius 1 is 0.554 bits per heavy atom. The lowest BCUT2D eigenvalue weighted by Crippen LogP contribution is -2.62. The van der Waals surface area contributed by atoms with E-state index in [0.717, 1.165) is 6.92 Å². The Kier molecular flexibility index (Phi) is 23.5. The molecule has 0 unspecified atom stereocenters. The van der Waals surface area contributed by atoms with Crippen LogP contribution in [0.1, 0.15) is 49.8 Å². The van der Waals surface area contributed by atoms with Crippen molar-refractivity contribution in [1.82, 2.24) is 42.2 Å². The Balaban J connectivity index is 1.62. The molecule has 0 saturated carbocycles. The van der Waals surface area contributed by atoms with Gasteiger partial charge in [-0.3, -0.25) is 33.6 Å². The molecule has 1 heterocycles. The summed E-state index contributed by atoms with van der Waals surface area (Å²) in [5, 5.41) is 67.8. The van der Waals surface area contributed by atoms with Gasteiger partial charge in [-0.1, -0.05) is 42.5 Å². The van der Waals surface area contributed by atoms with Crippen LogP contribution in [0.25, 0.3) is 10.9 Å². The van der Waals surface area contributed by atoms with Gasteiger partial charge in [0.15, 0.2) is 6.04 Å². The molecule has 0 aliphatic carbocycles. The van der Waals surface area contributed by atoms with Crippen LogP contribution in [0.3, 0.4) is 0 Å². The van der Waals surface area contributed by atoms with Gasteiger partial charge >= 0.3 is 5.97 Å². The number of aliphatic hydroxyl groups is 2. The number of thiol groups is 2. The molecular weight excluding hydrogens is 1000 g/mol. The summed E-state index contributed by atoms with van der Waals surface area (Å²) < 4.78 is 0. The number of hydrogen-bond donors (Lipinski definition) is 17. The minimum atomic E-state index is -1.74. The Labute approximate surface area is 437 Å². The summed E-state index contributed by atoms with van der Waals surface area (Å²) in [6.07, 6.45) is -1.14. The van der Waals surface area contributed by atoms with Gasteiger partial charge in [-0.05, 0) is 93.1 Å². The predicted molar refractivity (Wildman–Crippen MR) is 279 cm³/mol. The molecule has 4 aromatic rings. The highest BCUT2D eigenvalue weighted by atomic mass is 32.1. The SMILES string of the molecule is C[C@@H](O)[C@H](NC(=O)[C@H](CS)NC(=O)[C@@H](NC(=O)[C@H](CCCCN)NC(=O)[C@@H](Cc1c[nH]c2ccccc12)NC(=O)[C@H](Cc1ccc(O)cc1)NC(=O)[C@H](CS)NC(=O)[C@H](N)Cc1ccc(O)cc1)[C@@H](C)O)C(=O)O. The number of unbranched alkanes of at least 4 members (excludes halogenated alkanes) is 1. The number of carboxylic acids is 1. The van der Waals surface area contributed by atoms with Crippen molar-refractivity contribution in [1.29, 1.82) is 0 Å². The average Bonchev–Trinajstić information content (AvgIpc) is 3.77. The second-order valence-electron chi connectivity index (χ2n) is 17.7. The number of aliphatic hydroxyl groups excluding tert-OH is 2.